The summed E-state index contributed by atoms with van der Waals surface area (Å²) in [7, 11) is 0. The Morgan fingerprint density at radius 1 is 1.00 bits per heavy atom. The zero-order valence-electron chi connectivity index (χ0n) is 14.7. The van der Waals surface area contributed by atoms with Crippen molar-refractivity contribution < 1.29 is 19.1 Å². The average Bonchev–Trinajstić information content (AvgIpc) is 2.72. The summed E-state index contributed by atoms with van der Waals surface area (Å²) in [6, 6.07) is 12.4. The van der Waals surface area contributed by atoms with Gasteiger partial charge in [0.05, 0.1) is 0 Å². The maximum atomic E-state index is 12.2. The molecule has 1 aliphatic rings. The van der Waals surface area contributed by atoms with Gasteiger partial charge in [0, 0.05) is 37.4 Å². The van der Waals surface area contributed by atoms with Crippen LogP contribution in [-0.2, 0) is 14.3 Å². The number of piperazine rings is 1. The second kappa shape index (κ2) is 9.23. The number of rotatable bonds is 6. The van der Waals surface area contributed by atoms with Gasteiger partial charge in [-0.25, -0.2) is 9.78 Å². The molecule has 1 aromatic heterocycles. The second-order valence-electron chi connectivity index (χ2n) is 5.96. The van der Waals surface area contributed by atoms with Gasteiger partial charge in [0.1, 0.15) is 11.6 Å². The number of pyridine rings is 1. The van der Waals surface area contributed by atoms with E-state index in [2.05, 4.69) is 9.88 Å². The summed E-state index contributed by atoms with van der Waals surface area (Å²) >= 11 is 5.78. The van der Waals surface area contributed by atoms with Gasteiger partial charge in [-0.3, -0.25) is 4.79 Å². The van der Waals surface area contributed by atoms with E-state index in [1.54, 1.807) is 35.4 Å². The third kappa shape index (κ3) is 5.59. The van der Waals surface area contributed by atoms with E-state index in [0.29, 0.717) is 37.0 Å². The first-order chi connectivity index (χ1) is 13.1. The fourth-order valence-electron chi connectivity index (χ4n) is 2.67. The van der Waals surface area contributed by atoms with E-state index in [1.807, 2.05) is 18.2 Å². The molecule has 1 amide bonds. The van der Waals surface area contributed by atoms with Crippen molar-refractivity contribution in [3.05, 3.63) is 53.7 Å². The molecule has 8 heteroatoms. The molecule has 0 unspecified atom stereocenters. The normalized spacial score (nSPS) is 14.0. The van der Waals surface area contributed by atoms with Crippen LogP contribution in [0.1, 0.15) is 0 Å². The van der Waals surface area contributed by atoms with E-state index in [4.69, 9.17) is 21.1 Å². The number of carbonyl (C=O) groups is 2. The Morgan fingerprint density at radius 2 is 1.74 bits per heavy atom. The molecular weight excluding hydrogens is 370 g/mol. The zero-order valence-corrected chi connectivity index (χ0v) is 15.5. The topological polar surface area (TPSA) is 72.0 Å². The van der Waals surface area contributed by atoms with E-state index >= 15 is 0 Å². The molecule has 1 aromatic carbocycles. The highest BCUT2D eigenvalue weighted by Gasteiger charge is 2.22. The first kappa shape index (κ1) is 19.0. The third-order valence-corrected chi connectivity index (χ3v) is 4.38. The molecule has 0 saturated carbocycles. The van der Waals surface area contributed by atoms with Crippen molar-refractivity contribution in [1.82, 2.24) is 9.88 Å². The first-order valence-corrected chi connectivity index (χ1v) is 8.97. The van der Waals surface area contributed by atoms with Gasteiger partial charge >= 0.3 is 5.97 Å². The first-order valence-electron chi connectivity index (χ1n) is 8.59. The fourth-order valence-corrected chi connectivity index (χ4v) is 2.80. The quantitative estimate of drug-likeness (QED) is 0.704. The Labute approximate surface area is 162 Å². The van der Waals surface area contributed by atoms with Crippen molar-refractivity contribution >= 4 is 29.3 Å². The number of esters is 1. The number of hydrogen-bond acceptors (Lipinski definition) is 6. The Balaban J connectivity index is 1.37. The summed E-state index contributed by atoms with van der Waals surface area (Å²) in [6.07, 6.45) is 1.75. The van der Waals surface area contributed by atoms with Crippen molar-refractivity contribution in [2.75, 3.05) is 44.3 Å². The summed E-state index contributed by atoms with van der Waals surface area (Å²) in [5.41, 5.74) is 0. The third-order valence-electron chi connectivity index (χ3n) is 4.13. The van der Waals surface area contributed by atoms with Crippen LogP contribution < -0.4 is 9.64 Å². The van der Waals surface area contributed by atoms with E-state index in [0.717, 1.165) is 5.82 Å². The number of nitrogens with zero attached hydrogens (tertiary/aromatic N) is 3. The van der Waals surface area contributed by atoms with E-state index in [9.17, 15) is 9.59 Å². The molecule has 27 heavy (non-hydrogen) atoms. The lowest BCUT2D eigenvalue weighted by atomic mass is 10.3. The van der Waals surface area contributed by atoms with Gasteiger partial charge in [-0.2, -0.15) is 0 Å². The molecule has 0 atom stereocenters. The lowest BCUT2D eigenvalue weighted by Crippen LogP contribution is -2.50. The summed E-state index contributed by atoms with van der Waals surface area (Å²) < 4.78 is 10.3. The van der Waals surface area contributed by atoms with Gasteiger partial charge < -0.3 is 19.3 Å². The van der Waals surface area contributed by atoms with Crippen LogP contribution in [0.15, 0.2) is 48.7 Å². The van der Waals surface area contributed by atoms with Crippen molar-refractivity contribution in [3.8, 4) is 5.75 Å². The molecule has 2 heterocycles. The molecule has 0 bridgehead atoms. The summed E-state index contributed by atoms with van der Waals surface area (Å²) in [6.45, 7) is 1.96. The minimum absolute atomic E-state index is 0.212. The van der Waals surface area contributed by atoms with Crippen LogP contribution in [0.25, 0.3) is 0 Å². The standard InChI is InChI=1S/C19H20ClN3O4/c20-15-4-6-16(7-5-15)26-14-19(25)27-13-18(24)23-11-9-22(10-12-23)17-3-1-2-8-21-17/h1-8H,9-14H2. The van der Waals surface area contributed by atoms with Crippen LogP contribution in [0.3, 0.4) is 0 Å². The van der Waals surface area contributed by atoms with Crippen LogP contribution in [0.4, 0.5) is 5.82 Å². The molecular formula is C19H20ClN3O4. The Bertz CT molecular complexity index is 762. The number of carbonyl (C=O) groups excluding carboxylic acids is 2. The molecule has 7 nitrogen and oxygen atoms in total. The molecule has 0 radical (unpaired) electrons. The van der Waals surface area contributed by atoms with Crippen LogP contribution in [0.5, 0.6) is 5.75 Å². The predicted molar refractivity (Wildman–Crippen MR) is 101 cm³/mol. The van der Waals surface area contributed by atoms with Crippen molar-refractivity contribution in [3.63, 3.8) is 0 Å². The second-order valence-corrected chi connectivity index (χ2v) is 6.40. The summed E-state index contributed by atoms with van der Waals surface area (Å²) in [5.74, 6) is 0.602. The molecule has 142 valence electrons. The van der Waals surface area contributed by atoms with Crippen molar-refractivity contribution in [2.45, 2.75) is 0 Å². The molecule has 0 N–H and O–H groups in total. The lowest BCUT2D eigenvalue weighted by molar-refractivity contribution is -0.153. The number of aromatic nitrogens is 1. The predicted octanol–water partition coefficient (Wildman–Crippen LogP) is 2.01. The number of ether oxygens (including phenoxy) is 2. The highest BCUT2D eigenvalue weighted by Crippen LogP contribution is 2.15. The average molecular weight is 390 g/mol. The summed E-state index contributed by atoms with van der Waals surface area (Å²) in [5, 5.41) is 0.582. The van der Waals surface area contributed by atoms with Crippen LogP contribution >= 0.6 is 11.6 Å². The lowest BCUT2D eigenvalue weighted by Gasteiger charge is -2.35. The van der Waals surface area contributed by atoms with Gasteiger partial charge in [-0.05, 0) is 36.4 Å². The molecule has 1 fully saturated rings. The Morgan fingerprint density at radius 3 is 2.41 bits per heavy atom. The highest BCUT2D eigenvalue weighted by atomic mass is 35.5. The van der Waals surface area contributed by atoms with E-state index < -0.39 is 5.97 Å². The monoisotopic (exact) mass is 389 g/mol. The van der Waals surface area contributed by atoms with Gasteiger partial charge in [0.25, 0.3) is 5.91 Å². The van der Waals surface area contributed by atoms with Gasteiger partial charge in [-0.15, -0.1) is 0 Å². The molecule has 1 aliphatic heterocycles. The Hall–Kier alpha value is -2.80. The number of anilines is 1. The summed E-state index contributed by atoms with van der Waals surface area (Å²) in [4.78, 5) is 32.1. The minimum atomic E-state index is -0.592. The van der Waals surface area contributed by atoms with Crippen LogP contribution in [0, 0.1) is 0 Å². The number of benzene rings is 1. The van der Waals surface area contributed by atoms with Crippen molar-refractivity contribution in [2.24, 2.45) is 0 Å². The maximum Gasteiger partial charge on any atom is 0.344 e. The molecule has 0 aliphatic carbocycles. The number of amides is 1. The molecule has 2 aromatic rings. The molecule has 0 spiro atoms. The molecule has 3 rings (SSSR count). The van der Waals surface area contributed by atoms with E-state index in [1.165, 1.54) is 0 Å². The van der Waals surface area contributed by atoms with Gasteiger partial charge in [-0.1, -0.05) is 17.7 Å². The minimum Gasteiger partial charge on any atom is -0.482 e. The van der Waals surface area contributed by atoms with E-state index in [-0.39, 0.29) is 19.1 Å². The number of hydrogen-bond donors (Lipinski definition) is 0. The van der Waals surface area contributed by atoms with Crippen LogP contribution in [0.2, 0.25) is 5.02 Å². The highest BCUT2D eigenvalue weighted by molar-refractivity contribution is 6.30. The molecule has 1 saturated heterocycles. The maximum absolute atomic E-state index is 12.2. The SMILES string of the molecule is O=C(COc1ccc(Cl)cc1)OCC(=O)N1CCN(c2ccccn2)CC1. The Kier molecular flexibility index (Phi) is 6.49. The largest absolute Gasteiger partial charge is 0.482 e. The van der Waals surface area contributed by atoms with Crippen molar-refractivity contribution in [1.29, 1.82) is 0 Å². The van der Waals surface area contributed by atoms with Crippen LogP contribution in [-0.4, -0.2) is 61.2 Å². The van der Waals surface area contributed by atoms with Gasteiger partial charge in [0.2, 0.25) is 0 Å². The fraction of sp³-hybridized carbons (Fsp3) is 0.316. The zero-order chi connectivity index (χ0) is 19.1. The number of halogens is 1. The smallest absolute Gasteiger partial charge is 0.344 e. The van der Waals surface area contributed by atoms with Gasteiger partial charge in [0.15, 0.2) is 13.2 Å².